The van der Waals surface area contributed by atoms with Gasteiger partial charge < -0.3 is 10.2 Å². The zero-order chi connectivity index (χ0) is 16.1. The van der Waals surface area contributed by atoms with Crippen LogP contribution in [0.15, 0.2) is 30.9 Å². The topological polar surface area (TPSA) is 49.4 Å². The molecule has 0 radical (unpaired) electrons. The van der Waals surface area contributed by atoms with Gasteiger partial charge in [-0.15, -0.1) is 0 Å². The van der Waals surface area contributed by atoms with E-state index in [-0.39, 0.29) is 17.9 Å². The van der Waals surface area contributed by atoms with Gasteiger partial charge in [0.15, 0.2) is 0 Å². The van der Waals surface area contributed by atoms with Crippen molar-refractivity contribution >= 4 is 29.1 Å². The van der Waals surface area contributed by atoms with Crippen molar-refractivity contribution in [3.63, 3.8) is 0 Å². The van der Waals surface area contributed by atoms with Crippen LogP contribution in [0.4, 0.5) is 5.69 Å². The smallest absolute Gasteiger partial charge is 0.255 e. The zero-order valence-electron chi connectivity index (χ0n) is 12.8. The lowest BCUT2D eigenvalue weighted by molar-refractivity contribution is -0.111. The Morgan fingerprint density at radius 2 is 2.00 bits per heavy atom. The van der Waals surface area contributed by atoms with Crippen molar-refractivity contribution in [2.45, 2.75) is 38.1 Å². The molecule has 1 aromatic carbocycles. The highest BCUT2D eigenvalue weighted by atomic mass is 35.5. The molecule has 1 N–H and O–H groups in total. The van der Waals surface area contributed by atoms with E-state index < -0.39 is 0 Å². The predicted molar refractivity (Wildman–Crippen MR) is 89.2 cm³/mol. The summed E-state index contributed by atoms with van der Waals surface area (Å²) < 4.78 is 0. The van der Waals surface area contributed by atoms with Crippen LogP contribution in [0.25, 0.3) is 0 Å². The first kappa shape index (κ1) is 16.6. The minimum Gasteiger partial charge on any atom is -0.339 e. The van der Waals surface area contributed by atoms with E-state index in [0.717, 1.165) is 12.8 Å². The van der Waals surface area contributed by atoms with Crippen LogP contribution >= 0.6 is 11.6 Å². The van der Waals surface area contributed by atoms with Gasteiger partial charge in [-0.05, 0) is 37.1 Å². The number of hydrogen-bond donors (Lipinski definition) is 1. The number of hydrogen-bond acceptors (Lipinski definition) is 2. The largest absolute Gasteiger partial charge is 0.339 e. The van der Waals surface area contributed by atoms with Gasteiger partial charge in [0, 0.05) is 18.8 Å². The van der Waals surface area contributed by atoms with Crippen LogP contribution < -0.4 is 5.32 Å². The number of nitrogens with zero attached hydrogens (tertiary/aromatic N) is 1. The summed E-state index contributed by atoms with van der Waals surface area (Å²) in [5.41, 5.74) is 1.01. The number of anilines is 1. The average Bonchev–Trinajstić information content (AvgIpc) is 2.54. The number of benzene rings is 1. The van der Waals surface area contributed by atoms with Gasteiger partial charge in [0.05, 0.1) is 10.6 Å². The molecule has 0 aliphatic heterocycles. The summed E-state index contributed by atoms with van der Waals surface area (Å²) >= 11 is 6.21. The first-order valence-electron chi connectivity index (χ1n) is 7.53. The molecule has 1 aromatic rings. The van der Waals surface area contributed by atoms with Crippen LogP contribution in [-0.4, -0.2) is 29.8 Å². The Balaban J connectivity index is 2.12. The van der Waals surface area contributed by atoms with E-state index in [9.17, 15) is 9.59 Å². The van der Waals surface area contributed by atoms with Crippen molar-refractivity contribution in [3.8, 4) is 0 Å². The molecule has 0 saturated heterocycles. The van der Waals surface area contributed by atoms with Crippen LogP contribution in [-0.2, 0) is 4.79 Å². The molecule has 2 amide bonds. The van der Waals surface area contributed by atoms with Crippen LogP contribution in [0, 0.1) is 0 Å². The quantitative estimate of drug-likeness (QED) is 0.856. The summed E-state index contributed by atoms with van der Waals surface area (Å²) in [4.78, 5) is 25.7. The first-order chi connectivity index (χ1) is 10.5. The van der Waals surface area contributed by atoms with E-state index in [1.54, 1.807) is 23.1 Å². The molecule has 1 fully saturated rings. The van der Waals surface area contributed by atoms with E-state index in [1.807, 2.05) is 7.05 Å². The molecule has 5 heteroatoms. The second-order valence-corrected chi connectivity index (χ2v) is 6.00. The molecule has 0 spiro atoms. The van der Waals surface area contributed by atoms with Gasteiger partial charge in [-0.3, -0.25) is 9.59 Å². The zero-order valence-corrected chi connectivity index (χ0v) is 13.5. The molecule has 1 aliphatic carbocycles. The van der Waals surface area contributed by atoms with Crippen LogP contribution in [0.3, 0.4) is 0 Å². The highest BCUT2D eigenvalue weighted by molar-refractivity contribution is 6.34. The molecule has 0 unspecified atom stereocenters. The van der Waals surface area contributed by atoms with Gasteiger partial charge in [-0.1, -0.05) is 37.4 Å². The highest BCUT2D eigenvalue weighted by Gasteiger charge is 2.24. The Morgan fingerprint density at radius 3 is 2.59 bits per heavy atom. The molecular formula is C17H21ClN2O2. The number of rotatable bonds is 4. The van der Waals surface area contributed by atoms with Crippen molar-refractivity contribution in [1.29, 1.82) is 0 Å². The molecule has 2 rings (SSSR count). The third-order valence-electron chi connectivity index (χ3n) is 4.10. The second-order valence-electron chi connectivity index (χ2n) is 5.60. The summed E-state index contributed by atoms with van der Waals surface area (Å²) in [5, 5.41) is 2.97. The van der Waals surface area contributed by atoms with Gasteiger partial charge >= 0.3 is 0 Å². The van der Waals surface area contributed by atoms with Crippen LogP contribution in [0.5, 0.6) is 0 Å². The second kappa shape index (κ2) is 7.45. The molecule has 0 aromatic heterocycles. The van der Waals surface area contributed by atoms with E-state index in [1.165, 1.54) is 25.3 Å². The third kappa shape index (κ3) is 3.89. The Labute approximate surface area is 136 Å². The highest BCUT2D eigenvalue weighted by Crippen LogP contribution is 2.26. The normalized spacial score (nSPS) is 15.2. The SMILES string of the molecule is C=CC(=O)Nc1ccc(C(=O)N(C)C2CCCCC2)c(Cl)c1. The lowest BCUT2D eigenvalue weighted by atomic mass is 9.94. The minimum atomic E-state index is -0.311. The van der Waals surface area contributed by atoms with Gasteiger partial charge in [0.2, 0.25) is 5.91 Å². The van der Waals surface area contributed by atoms with Crippen molar-refractivity contribution in [1.82, 2.24) is 4.90 Å². The van der Waals surface area contributed by atoms with Gasteiger partial charge in [0.1, 0.15) is 0 Å². The molecule has 118 valence electrons. The summed E-state index contributed by atoms with van der Waals surface area (Å²) in [6.07, 6.45) is 6.87. The Hall–Kier alpha value is -1.81. The molecule has 1 saturated carbocycles. The summed E-state index contributed by atoms with van der Waals surface area (Å²) in [5.74, 6) is -0.382. The number of amides is 2. The minimum absolute atomic E-state index is 0.0708. The van der Waals surface area contributed by atoms with E-state index >= 15 is 0 Å². The lowest BCUT2D eigenvalue weighted by Gasteiger charge is -2.31. The van der Waals surface area contributed by atoms with Gasteiger partial charge in [-0.25, -0.2) is 0 Å². The standard InChI is InChI=1S/C17H21ClN2O2/c1-3-16(21)19-12-9-10-14(15(18)11-12)17(22)20(2)13-7-5-4-6-8-13/h3,9-11,13H,1,4-8H2,2H3,(H,19,21). The fraction of sp³-hybridized carbons (Fsp3) is 0.412. The lowest BCUT2D eigenvalue weighted by Crippen LogP contribution is -2.38. The summed E-state index contributed by atoms with van der Waals surface area (Å²) in [6.45, 7) is 3.39. The molecule has 0 heterocycles. The Kier molecular flexibility index (Phi) is 5.61. The van der Waals surface area contributed by atoms with Crippen molar-refractivity contribution in [3.05, 3.63) is 41.4 Å². The van der Waals surface area contributed by atoms with Gasteiger partial charge in [-0.2, -0.15) is 0 Å². The van der Waals surface area contributed by atoms with Crippen molar-refractivity contribution < 1.29 is 9.59 Å². The number of carbonyl (C=O) groups excluding carboxylic acids is 2. The van der Waals surface area contributed by atoms with E-state index in [0.29, 0.717) is 16.3 Å². The summed E-state index contributed by atoms with van der Waals surface area (Å²) in [6, 6.07) is 5.21. The van der Waals surface area contributed by atoms with Crippen LogP contribution in [0.2, 0.25) is 5.02 Å². The maximum absolute atomic E-state index is 12.6. The first-order valence-corrected chi connectivity index (χ1v) is 7.91. The monoisotopic (exact) mass is 320 g/mol. The van der Waals surface area contributed by atoms with E-state index in [4.69, 9.17) is 11.6 Å². The van der Waals surface area contributed by atoms with Gasteiger partial charge in [0.25, 0.3) is 5.91 Å². The van der Waals surface area contributed by atoms with Crippen molar-refractivity contribution in [2.24, 2.45) is 0 Å². The molecule has 4 nitrogen and oxygen atoms in total. The molecular weight excluding hydrogens is 300 g/mol. The van der Waals surface area contributed by atoms with E-state index in [2.05, 4.69) is 11.9 Å². The molecule has 0 bridgehead atoms. The Morgan fingerprint density at radius 1 is 1.32 bits per heavy atom. The maximum atomic E-state index is 12.6. The maximum Gasteiger partial charge on any atom is 0.255 e. The van der Waals surface area contributed by atoms with Crippen LogP contribution in [0.1, 0.15) is 42.5 Å². The number of carbonyl (C=O) groups is 2. The molecule has 0 atom stereocenters. The fourth-order valence-electron chi connectivity index (χ4n) is 2.78. The number of nitrogens with one attached hydrogen (secondary N) is 1. The molecule has 22 heavy (non-hydrogen) atoms. The average molecular weight is 321 g/mol. The third-order valence-corrected chi connectivity index (χ3v) is 4.41. The van der Waals surface area contributed by atoms with Crippen molar-refractivity contribution in [2.75, 3.05) is 12.4 Å². The number of halogens is 1. The predicted octanol–water partition coefficient (Wildman–Crippen LogP) is 3.87. The molecule has 1 aliphatic rings. The Bertz CT molecular complexity index is 580. The fourth-order valence-corrected chi connectivity index (χ4v) is 3.05. The summed E-state index contributed by atoms with van der Waals surface area (Å²) in [7, 11) is 1.84.